The van der Waals surface area contributed by atoms with E-state index in [4.69, 9.17) is 31.4 Å². The number of ether oxygens (including phenoxy) is 2. The highest BCUT2D eigenvalue weighted by Gasteiger charge is 2.27. The highest BCUT2D eigenvalue weighted by Crippen LogP contribution is 2.32. The fourth-order valence-electron chi connectivity index (χ4n) is 4.23. The number of hydrogen-bond donors (Lipinski definition) is 2. The van der Waals surface area contributed by atoms with E-state index in [1.54, 1.807) is 18.2 Å². The Morgan fingerprint density at radius 3 is 2.83 bits per heavy atom. The van der Waals surface area contributed by atoms with Crippen LogP contribution in [0.5, 0.6) is 11.5 Å². The van der Waals surface area contributed by atoms with Crippen LogP contribution in [0.3, 0.4) is 0 Å². The van der Waals surface area contributed by atoms with Crippen LogP contribution in [0.2, 0.25) is 5.02 Å². The average Bonchev–Trinajstić information content (AvgIpc) is 3.70. The lowest BCUT2D eigenvalue weighted by Crippen LogP contribution is -2.26. The first-order chi connectivity index (χ1) is 19.4. The van der Waals surface area contributed by atoms with Crippen molar-refractivity contribution in [1.29, 1.82) is 0 Å². The average molecular weight is 631 g/mol. The molecule has 0 unspecified atom stereocenters. The van der Waals surface area contributed by atoms with Crippen molar-refractivity contribution < 1.29 is 18.9 Å². The van der Waals surface area contributed by atoms with E-state index >= 15 is 0 Å². The molecule has 0 atom stereocenters. The van der Waals surface area contributed by atoms with Gasteiger partial charge in [-0.15, -0.1) is 5.10 Å². The third-order valence-corrected chi connectivity index (χ3v) is 7.05. The predicted molar refractivity (Wildman–Crippen MR) is 150 cm³/mol. The van der Waals surface area contributed by atoms with E-state index < -0.39 is 5.91 Å². The van der Waals surface area contributed by atoms with Gasteiger partial charge in [0.15, 0.2) is 5.69 Å². The molecule has 1 aliphatic rings. The number of nitrogens with zero attached hydrogens (tertiary/aromatic N) is 7. The number of anilines is 1. The molecule has 1 fully saturated rings. The summed E-state index contributed by atoms with van der Waals surface area (Å²) < 4.78 is 18.0. The second-order valence-corrected chi connectivity index (χ2v) is 10.2. The molecule has 0 radical (unpaired) electrons. The van der Waals surface area contributed by atoms with Crippen molar-refractivity contribution in [2.24, 2.45) is 5.10 Å². The molecule has 4 aromatic rings. The van der Waals surface area contributed by atoms with Gasteiger partial charge in [0.2, 0.25) is 11.6 Å². The van der Waals surface area contributed by atoms with Gasteiger partial charge in [0, 0.05) is 22.1 Å². The van der Waals surface area contributed by atoms with E-state index in [1.807, 2.05) is 18.2 Å². The van der Waals surface area contributed by atoms with E-state index in [2.05, 4.69) is 52.0 Å². The molecular formula is C25H25BrClN9O4. The molecule has 2 aromatic heterocycles. The lowest BCUT2D eigenvalue weighted by Gasteiger charge is -2.13. The Balaban J connectivity index is 1.33. The van der Waals surface area contributed by atoms with E-state index in [9.17, 15) is 4.79 Å². The normalized spacial score (nSPS) is 13.7. The first-order valence-electron chi connectivity index (χ1n) is 12.3. The number of methoxy groups -OCH3 is 1. The summed E-state index contributed by atoms with van der Waals surface area (Å²) >= 11 is 9.59. The number of likely N-dealkylation sites (tertiary alicyclic amines) is 1. The number of aromatic nitrogens is 5. The Morgan fingerprint density at radius 2 is 2.10 bits per heavy atom. The van der Waals surface area contributed by atoms with Crippen molar-refractivity contribution in [2.45, 2.75) is 26.0 Å². The number of amides is 1. The molecule has 0 bridgehead atoms. The third kappa shape index (κ3) is 6.24. The van der Waals surface area contributed by atoms with Gasteiger partial charge in [0.1, 0.15) is 23.8 Å². The van der Waals surface area contributed by atoms with Gasteiger partial charge in [-0.25, -0.2) is 10.1 Å². The number of rotatable bonds is 10. The van der Waals surface area contributed by atoms with Gasteiger partial charge in [-0.3, -0.25) is 9.69 Å². The summed E-state index contributed by atoms with van der Waals surface area (Å²) in [6.45, 7) is 2.58. The largest absolute Gasteiger partial charge is 0.496 e. The van der Waals surface area contributed by atoms with Gasteiger partial charge in [-0.2, -0.15) is 9.78 Å². The molecule has 208 valence electrons. The molecule has 0 spiro atoms. The number of hydrazone groups is 1. The van der Waals surface area contributed by atoms with Crippen molar-refractivity contribution in [3.63, 3.8) is 0 Å². The first kappa shape index (κ1) is 27.6. The van der Waals surface area contributed by atoms with Crippen LogP contribution >= 0.6 is 27.5 Å². The summed E-state index contributed by atoms with van der Waals surface area (Å²) in [7, 11) is 1.53. The maximum absolute atomic E-state index is 13.3. The molecule has 40 heavy (non-hydrogen) atoms. The Bertz CT molecular complexity index is 1530. The number of nitrogen functional groups attached to an aromatic ring is 1. The number of benzene rings is 2. The van der Waals surface area contributed by atoms with E-state index in [-0.39, 0.29) is 17.3 Å². The van der Waals surface area contributed by atoms with Crippen LogP contribution in [0, 0.1) is 0 Å². The standard InChI is InChI=1S/C25H25BrClN9O4/c1-38-21-11-17(39-14-15-5-4-6-16(27)9-15)10-19(26)18(21)12-29-31-25(37)22-20(13-35-7-2-3-8-35)30-34-36(22)24-23(28)32-40-33-24/h4-6,9-12H,2-3,7-8,13-14H2,1H3,(H2,28,32)(H,31,37). The number of hydrogen-bond acceptors (Lipinski definition) is 11. The number of carbonyl (C=O) groups excluding carboxylic acids is 1. The molecule has 0 aliphatic carbocycles. The summed E-state index contributed by atoms with van der Waals surface area (Å²) in [5.74, 6) is 0.532. The van der Waals surface area contributed by atoms with Crippen LogP contribution in [0.15, 0.2) is 50.6 Å². The number of nitrogens with two attached hydrogens (primary N) is 1. The topological polar surface area (TPSA) is 159 Å². The summed E-state index contributed by atoms with van der Waals surface area (Å²) in [5.41, 5.74) is 10.5. The maximum Gasteiger partial charge on any atom is 0.292 e. The predicted octanol–water partition coefficient (Wildman–Crippen LogP) is 3.60. The van der Waals surface area contributed by atoms with E-state index in [0.29, 0.717) is 45.4 Å². The van der Waals surface area contributed by atoms with Gasteiger partial charge < -0.3 is 15.2 Å². The van der Waals surface area contributed by atoms with E-state index in [1.165, 1.54) is 18.0 Å². The summed E-state index contributed by atoms with van der Waals surface area (Å²) in [6, 6.07) is 10.9. The van der Waals surface area contributed by atoms with E-state index in [0.717, 1.165) is 31.5 Å². The molecule has 3 N–H and O–H groups in total. The van der Waals surface area contributed by atoms with Gasteiger partial charge >= 0.3 is 0 Å². The monoisotopic (exact) mass is 629 g/mol. The lowest BCUT2D eigenvalue weighted by molar-refractivity contribution is 0.0945. The van der Waals surface area contributed by atoms with Gasteiger partial charge in [0.05, 0.1) is 18.9 Å². The van der Waals surface area contributed by atoms with Crippen molar-refractivity contribution in [3.8, 4) is 17.3 Å². The maximum atomic E-state index is 13.3. The molecule has 15 heteroatoms. The second-order valence-electron chi connectivity index (χ2n) is 8.89. The zero-order valence-electron chi connectivity index (χ0n) is 21.4. The van der Waals surface area contributed by atoms with Crippen molar-refractivity contribution in [1.82, 2.24) is 35.6 Å². The molecule has 1 saturated heterocycles. The smallest absolute Gasteiger partial charge is 0.292 e. The SMILES string of the molecule is COc1cc(OCc2cccc(Cl)c2)cc(Br)c1C=NNC(=O)c1c(CN2CCCC2)nnn1-c1nonc1N. The second kappa shape index (κ2) is 12.4. The zero-order chi connectivity index (χ0) is 28.1. The molecule has 0 saturated carbocycles. The molecular weight excluding hydrogens is 606 g/mol. The van der Waals surface area contributed by atoms with Crippen molar-refractivity contribution in [3.05, 3.63) is 68.4 Å². The van der Waals surface area contributed by atoms with Crippen molar-refractivity contribution in [2.75, 3.05) is 25.9 Å². The minimum atomic E-state index is -0.561. The van der Waals surface area contributed by atoms with Crippen LogP contribution in [-0.4, -0.2) is 62.5 Å². The molecule has 2 aromatic carbocycles. The Labute approximate surface area is 242 Å². The molecule has 13 nitrogen and oxygen atoms in total. The molecule has 1 aliphatic heterocycles. The Morgan fingerprint density at radius 1 is 1.27 bits per heavy atom. The van der Waals surface area contributed by atoms with Crippen LogP contribution < -0.4 is 20.6 Å². The van der Waals surface area contributed by atoms with Crippen LogP contribution in [-0.2, 0) is 13.2 Å². The summed E-state index contributed by atoms with van der Waals surface area (Å²) in [4.78, 5) is 15.5. The lowest BCUT2D eigenvalue weighted by atomic mass is 10.2. The number of carbonyl (C=O) groups is 1. The van der Waals surface area contributed by atoms with Crippen molar-refractivity contribution >= 4 is 45.5 Å². The quantitative estimate of drug-likeness (QED) is 0.196. The van der Waals surface area contributed by atoms with Crippen LogP contribution in [0.1, 0.15) is 40.2 Å². The highest BCUT2D eigenvalue weighted by molar-refractivity contribution is 9.10. The fourth-order valence-corrected chi connectivity index (χ4v) is 4.97. The minimum Gasteiger partial charge on any atom is -0.496 e. The Hall–Kier alpha value is -4.01. The Kier molecular flexibility index (Phi) is 8.57. The first-order valence-corrected chi connectivity index (χ1v) is 13.4. The third-order valence-electron chi connectivity index (χ3n) is 6.16. The summed E-state index contributed by atoms with van der Waals surface area (Å²) in [5, 5.41) is 20.4. The molecule has 1 amide bonds. The van der Waals surface area contributed by atoms with Crippen LogP contribution in [0.4, 0.5) is 5.82 Å². The molecule has 3 heterocycles. The van der Waals surface area contributed by atoms with Gasteiger partial charge in [0.25, 0.3) is 5.91 Å². The van der Waals surface area contributed by atoms with Gasteiger partial charge in [-0.05, 0) is 75.9 Å². The highest BCUT2D eigenvalue weighted by atomic mass is 79.9. The molecule has 5 rings (SSSR count). The van der Waals surface area contributed by atoms with Gasteiger partial charge in [-0.1, -0.05) is 28.9 Å². The summed E-state index contributed by atoms with van der Waals surface area (Å²) in [6.07, 6.45) is 3.63. The number of nitrogens with one attached hydrogen (secondary N) is 1. The van der Waals surface area contributed by atoms with Crippen LogP contribution in [0.25, 0.3) is 5.82 Å². The zero-order valence-corrected chi connectivity index (χ0v) is 23.7. The minimum absolute atomic E-state index is 0.0264. The number of halogens is 2. The fraction of sp³-hybridized carbons (Fsp3) is 0.280.